The van der Waals surface area contributed by atoms with Crippen molar-refractivity contribution in [2.75, 3.05) is 0 Å². The number of hydrogen-bond donors (Lipinski definition) is 0. The maximum absolute atomic E-state index is 13.0. The van der Waals surface area contributed by atoms with Gasteiger partial charge in [-0.25, -0.2) is 14.4 Å². The summed E-state index contributed by atoms with van der Waals surface area (Å²) < 4.78 is 18.6. The van der Waals surface area contributed by atoms with Gasteiger partial charge in [0.25, 0.3) is 0 Å². The van der Waals surface area contributed by atoms with Gasteiger partial charge >= 0.3 is 0 Å². The van der Waals surface area contributed by atoms with E-state index in [1.165, 1.54) is 24.5 Å². The first kappa shape index (κ1) is 13.1. The Morgan fingerprint density at radius 2 is 1.85 bits per heavy atom. The van der Waals surface area contributed by atoms with Crippen molar-refractivity contribution in [3.8, 4) is 11.6 Å². The Morgan fingerprint density at radius 1 is 1.00 bits per heavy atom. The monoisotopic (exact) mass is 308 g/mol. The fourth-order valence-corrected chi connectivity index (χ4v) is 2.12. The molecule has 1 heterocycles. The van der Waals surface area contributed by atoms with Crippen LogP contribution < -0.4 is 4.74 Å². The second kappa shape index (κ2) is 5.23. The smallest absolute Gasteiger partial charge is 0.230 e. The van der Waals surface area contributed by atoms with E-state index in [1.54, 1.807) is 18.2 Å². The van der Waals surface area contributed by atoms with Crippen LogP contribution in [0.25, 0.3) is 10.9 Å². The van der Waals surface area contributed by atoms with Crippen LogP contribution in [-0.2, 0) is 0 Å². The van der Waals surface area contributed by atoms with Crippen molar-refractivity contribution in [1.29, 1.82) is 0 Å². The third-order valence-electron chi connectivity index (χ3n) is 2.66. The van der Waals surface area contributed by atoms with Crippen LogP contribution in [0.4, 0.5) is 4.39 Å². The van der Waals surface area contributed by atoms with Gasteiger partial charge in [0, 0.05) is 5.02 Å². The van der Waals surface area contributed by atoms with Crippen LogP contribution in [0.15, 0.2) is 42.7 Å². The Balaban J connectivity index is 2.06. The molecule has 0 amide bonds. The summed E-state index contributed by atoms with van der Waals surface area (Å²) >= 11 is 11.8. The van der Waals surface area contributed by atoms with Crippen molar-refractivity contribution in [2.45, 2.75) is 0 Å². The number of aromatic nitrogens is 2. The molecule has 3 aromatic rings. The van der Waals surface area contributed by atoms with Crippen LogP contribution in [0.3, 0.4) is 0 Å². The van der Waals surface area contributed by atoms with Crippen molar-refractivity contribution in [2.24, 2.45) is 0 Å². The Hall–Kier alpha value is -1.91. The quantitative estimate of drug-likeness (QED) is 0.677. The van der Waals surface area contributed by atoms with Crippen LogP contribution >= 0.6 is 23.2 Å². The molecule has 0 aliphatic heterocycles. The molecule has 0 saturated heterocycles. The molecule has 2 aromatic carbocycles. The van der Waals surface area contributed by atoms with Crippen molar-refractivity contribution < 1.29 is 9.13 Å². The summed E-state index contributed by atoms with van der Waals surface area (Å²) in [5.41, 5.74) is 0.653. The summed E-state index contributed by atoms with van der Waals surface area (Å²) in [5, 5.41) is 1.44. The molecule has 0 aliphatic carbocycles. The molecule has 20 heavy (non-hydrogen) atoms. The highest BCUT2D eigenvalue weighted by Gasteiger charge is 2.09. The number of fused-ring (bicyclic) bond motifs is 1. The second-order valence-corrected chi connectivity index (χ2v) is 4.86. The molecule has 0 aliphatic rings. The SMILES string of the molecule is Fc1ccc(Oc2ncnc3cc(Cl)ccc23)c(Cl)c1. The molecule has 100 valence electrons. The molecule has 3 nitrogen and oxygen atoms in total. The van der Waals surface area contributed by atoms with Gasteiger partial charge in [-0.05, 0) is 36.4 Å². The summed E-state index contributed by atoms with van der Waals surface area (Å²) in [6, 6.07) is 9.06. The van der Waals surface area contributed by atoms with Gasteiger partial charge in [0.1, 0.15) is 17.9 Å². The summed E-state index contributed by atoms with van der Waals surface area (Å²) in [6.45, 7) is 0. The number of ether oxygens (including phenoxy) is 1. The minimum absolute atomic E-state index is 0.172. The maximum atomic E-state index is 13.0. The first-order valence-electron chi connectivity index (χ1n) is 5.66. The number of nitrogens with zero attached hydrogens (tertiary/aromatic N) is 2. The molecule has 6 heteroatoms. The normalized spacial score (nSPS) is 10.8. The van der Waals surface area contributed by atoms with E-state index in [-0.39, 0.29) is 5.02 Å². The molecular weight excluding hydrogens is 302 g/mol. The maximum Gasteiger partial charge on any atom is 0.230 e. The van der Waals surface area contributed by atoms with Gasteiger partial charge in [-0.2, -0.15) is 0 Å². The molecule has 0 radical (unpaired) electrons. The van der Waals surface area contributed by atoms with Gasteiger partial charge in [-0.3, -0.25) is 0 Å². The average Bonchev–Trinajstić information content (AvgIpc) is 2.41. The van der Waals surface area contributed by atoms with E-state index in [9.17, 15) is 4.39 Å². The highest BCUT2D eigenvalue weighted by molar-refractivity contribution is 6.32. The van der Waals surface area contributed by atoms with Crippen LogP contribution in [0.2, 0.25) is 10.0 Å². The van der Waals surface area contributed by atoms with Gasteiger partial charge in [0.2, 0.25) is 5.88 Å². The highest BCUT2D eigenvalue weighted by Crippen LogP contribution is 2.32. The van der Waals surface area contributed by atoms with E-state index in [2.05, 4.69) is 9.97 Å². The third kappa shape index (κ3) is 2.53. The molecule has 0 bridgehead atoms. The number of rotatable bonds is 2. The van der Waals surface area contributed by atoms with Gasteiger partial charge in [-0.15, -0.1) is 0 Å². The molecule has 0 fully saturated rings. The first-order valence-corrected chi connectivity index (χ1v) is 6.42. The summed E-state index contributed by atoms with van der Waals surface area (Å²) in [7, 11) is 0. The molecule has 0 N–H and O–H groups in total. The standard InChI is InChI=1S/C14H7Cl2FN2O/c15-8-1-3-10-12(5-8)18-7-19-14(10)20-13-4-2-9(17)6-11(13)16/h1-7H. The minimum atomic E-state index is -0.429. The lowest BCUT2D eigenvalue weighted by atomic mass is 10.2. The molecular formula is C14H7Cl2FN2O. The Labute approximate surface area is 123 Å². The Morgan fingerprint density at radius 3 is 2.65 bits per heavy atom. The van der Waals surface area contributed by atoms with E-state index in [1.807, 2.05) is 0 Å². The summed E-state index contributed by atoms with van der Waals surface area (Å²) in [4.78, 5) is 8.18. The van der Waals surface area contributed by atoms with E-state index in [0.717, 1.165) is 0 Å². The van der Waals surface area contributed by atoms with Crippen molar-refractivity contribution in [3.63, 3.8) is 0 Å². The van der Waals surface area contributed by atoms with Crippen molar-refractivity contribution >= 4 is 34.1 Å². The lowest BCUT2D eigenvalue weighted by molar-refractivity contribution is 0.466. The average molecular weight is 309 g/mol. The first-order chi connectivity index (χ1) is 9.63. The van der Waals surface area contributed by atoms with E-state index >= 15 is 0 Å². The van der Waals surface area contributed by atoms with Crippen LogP contribution in [0.5, 0.6) is 11.6 Å². The van der Waals surface area contributed by atoms with Crippen molar-refractivity contribution in [1.82, 2.24) is 9.97 Å². The Bertz CT molecular complexity index is 795. The van der Waals surface area contributed by atoms with Crippen molar-refractivity contribution in [3.05, 3.63) is 58.6 Å². The lowest BCUT2D eigenvalue weighted by Gasteiger charge is -2.08. The zero-order chi connectivity index (χ0) is 14.1. The second-order valence-electron chi connectivity index (χ2n) is 4.02. The highest BCUT2D eigenvalue weighted by atomic mass is 35.5. The number of benzene rings is 2. The van der Waals surface area contributed by atoms with E-state index < -0.39 is 5.82 Å². The zero-order valence-electron chi connectivity index (χ0n) is 9.98. The predicted octanol–water partition coefficient (Wildman–Crippen LogP) is 4.87. The predicted molar refractivity (Wildman–Crippen MR) is 76.0 cm³/mol. The summed E-state index contributed by atoms with van der Waals surface area (Å²) in [6.07, 6.45) is 1.37. The lowest BCUT2D eigenvalue weighted by Crippen LogP contribution is -1.92. The van der Waals surface area contributed by atoms with Gasteiger partial charge < -0.3 is 4.74 Å². The van der Waals surface area contributed by atoms with Gasteiger partial charge in [0.05, 0.1) is 15.9 Å². The Kier molecular flexibility index (Phi) is 3.42. The third-order valence-corrected chi connectivity index (χ3v) is 3.19. The number of halogens is 3. The molecule has 0 atom stereocenters. The molecule has 3 rings (SSSR count). The fourth-order valence-electron chi connectivity index (χ4n) is 1.75. The summed E-state index contributed by atoms with van der Waals surface area (Å²) in [5.74, 6) is 0.227. The largest absolute Gasteiger partial charge is 0.437 e. The molecule has 1 aromatic heterocycles. The number of hydrogen-bond acceptors (Lipinski definition) is 3. The molecule has 0 spiro atoms. The minimum Gasteiger partial charge on any atom is -0.437 e. The van der Waals surface area contributed by atoms with E-state index in [4.69, 9.17) is 27.9 Å². The molecule has 0 unspecified atom stereocenters. The topological polar surface area (TPSA) is 35.0 Å². The van der Waals surface area contributed by atoms with E-state index in [0.29, 0.717) is 27.6 Å². The van der Waals surface area contributed by atoms with Gasteiger partial charge in [0.15, 0.2) is 0 Å². The zero-order valence-corrected chi connectivity index (χ0v) is 11.5. The van der Waals surface area contributed by atoms with Crippen LogP contribution in [-0.4, -0.2) is 9.97 Å². The fraction of sp³-hybridized carbons (Fsp3) is 0. The molecule has 0 saturated carbocycles. The van der Waals surface area contributed by atoms with Gasteiger partial charge in [-0.1, -0.05) is 23.2 Å². The van der Waals surface area contributed by atoms with Crippen LogP contribution in [0.1, 0.15) is 0 Å². The van der Waals surface area contributed by atoms with Crippen LogP contribution in [0, 0.1) is 5.82 Å².